The Bertz CT molecular complexity index is 1360. The van der Waals surface area contributed by atoms with Crippen molar-refractivity contribution in [1.29, 1.82) is 5.26 Å². The first kappa shape index (κ1) is 24.5. The highest BCUT2D eigenvalue weighted by Gasteiger charge is 2.27. The molecule has 0 aliphatic carbocycles. The molecule has 0 aliphatic heterocycles. The molecule has 2 aromatic carbocycles. The van der Waals surface area contributed by atoms with Crippen LogP contribution in [0.3, 0.4) is 0 Å². The summed E-state index contributed by atoms with van der Waals surface area (Å²) in [5, 5.41) is 9.47. The van der Waals surface area contributed by atoms with Crippen LogP contribution >= 0.6 is 30.5 Å². The molecule has 3 rings (SSSR count). The average Bonchev–Trinajstić information content (AvgIpc) is 3.18. The van der Waals surface area contributed by atoms with Crippen LogP contribution < -0.4 is 14.0 Å². The van der Waals surface area contributed by atoms with Gasteiger partial charge in [-0.15, -0.1) is 11.3 Å². The summed E-state index contributed by atoms with van der Waals surface area (Å²) in [5.74, 6) is -0.826. The third-order valence-corrected chi connectivity index (χ3v) is 8.70. The average molecular weight is 519 g/mol. The Morgan fingerprint density at radius 3 is 2.72 bits per heavy atom. The lowest BCUT2D eigenvalue weighted by Crippen LogP contribution is -2.25. The number of ether oxygens (including phenoxy) is 1. The number of benzene rings is 2. The van der Waals surface area contributed by atoms with Crippen molar-refractivity contribution in [3.63, 3.8) is 0 Å². The van der Waals surface area contributed by atoms with Crippen LogP contribution in [0.15, 0.2) is 40.6 Å². The Balaban J connectivity index is 1.76. The van der Waals surface area contributed by atoms with E-state index in [2.05, 4.69) is 0 Å². The van der Waals surface area contributed by atoms with E-state index in [1.165, 1.54) is 6.07 Å². The molecule has 1 heterocycles. The molecule has 0 fully saturated rings. The summed E-state index contributed by atoms with van der Waals surface area (Å²) in [6, 6.07) is 9.25. The maximum absolute atomic E-state index is 13.6. The third-order valence-electron chi connectivity index (χ3n) is 4.07. The highest BCUT2D eigenvalue weighted by Crippen LogP contribution is 2.43. The van der Waals surface area contributed by atoms with Crippen LogP contribution in [0, 0.1) is 17.1 Å². The number of thiophene rings is 1. The molecule has 8 nitrogen and oxygen atoms in total. The van der Waals surface area contributed by atoms with Crippen molar-refractivity contribution in [3.8, 4) is 17.6 Å². The molecule has 0 amide bonds. The fraction of sp³-hybridized carbons (Fsp3) is 0.211. The molecular weight excluding hydrogens is 502 g/mol. The molecule has 0 aliphatic rings. The molecule has 0 bridgehead atoms. The highest BCUT2D eigenvalue weighted by atomic mass is 35.5. The van der Waals surface area contributed by atoms with Crippen LogP contribution in [0.5, 0.6) is 11.5 Å². The van der Waals surface area contributed by atoms with E-state index in [9.17, 15) is 22.3 Å². The molecule has 1 atom stereocenters. The van der Waals surface area contributed by atoms with Crippen LogP contribution in [0.1, 0.15) is 18.9 Å². The maximum atomic E-state index is 13.6. The molecule has 13 heteroatoms. The van der Waals surface area contributed by atoms with Crippen molar-refractivity contribution in [2.24, 2.45) is 0 Å². The molecule has 170 valence electrons. The fourth-order valence-corrected chi connectivity index (χ4v) is 6.84. The van der Waals surface area contributed by atoms with Gasteiger partial charge in [-0.1, -0.05) is 18.5 Å². The van der Waals surface area contributed by atoms with Gasteiger partial charge in [0, 0.05) is 16.2 Å². The van der Waals surface area contributed by atoms with Crippen LogP contribution in [0.4, 0.5) is 4.39 Å². The summed E-state index contributed by atoms with van der Waals surface area (Å²) in [5.41, 5.74) is -0.266. The smallest absolute Gasteiger partial charge is 0.391 e. The van der Waals surface area contributed by atoms with Crippen LogP contribution in [-0.4, -0.2) is 26.2 Å². The Labute approximate surface area is 192 Å². The Morgan fingerprint density at radius 2 is 2.06 bits per heavy atom. The molecule has 0 radical (unpaired) electrons. The zero-order chi connectivity index (χ0) is 23.5. The Kier molecular flexibility index (Phi) is 7.45. The van der Waals surface area contributed by atoms with Gasteiger partial charge in [-0.2, -0.15) is 9.98 Å². The molecule has 1 unspecified atom stereocenters. The summed E-state index contributed by atoms with van der Waals surface area (Å²) < 4.78 is 64.1. The number of halogens is 2. The quantitative estimate of drug-likeness (QED) is 0.387. The van der Waals surface area contributed by atoms with Gasteiger partial charge < -0.3 is 14.2 Å². The number of fused-ring (bicyclic) bond motifs is 1. The van der Waals surface area contributed by atoms with Gasteiger partial charge in [0.1, 0.15) is 33.9 Å². The summed E-state index contributed by atoms with van der Waals surface area (Å²) in [7, 11) is -8.69. The number of rotatable bonds is 9. The largest absolute Gasteiger partial charge is 0.492 e. The van der Waals surface area contributed by atoms with Gasteiger partial charge in [0.05, 0.1) is 17.2 Å². The number of sulfonamides is 1. The van der Waals surface area contributed by atoms with E-state index in [1.807, 2.05) is 11.6 Å². The first-order chi connectivity index (χ1) is 15.1. The lowest BCUT2D eigenvalue weighted by molar-refractivity contribution is 0.318. The van der Waals surface area contributed by atoms with Crippen LogP contribution in [0.2, 0.25) is 5.02 Å². The number of nitriles is 1. The van der Waals surface area contributed by atoms with Crippen molar-refractivity contribution in [1.82, 2.24) is 4.72 Å². The number of hydrogen-bond donors (Lipinski definition) is 2. The van der Waals surface area contributed by atoms with Gasteiger partial charge in [-0.05, 0) is 36.8 Å². The van der Waals surface area contributed by atoms with Gasteiger partial charge >= 0.3 is 7.60 Å². The lowest BCUT2D eigenvalue weighted by atomic mass is 10.2. The molecule has 0 spiro atoms. The van der Waals surface area contributed by atoms with Crippen molar-refractivity contribution >= 4 is 50.6 Å². The van der Waals surface area contributed by atoms with Crippen molar-refractivity contribution < 1.29 is 31.5 Å². The predicted octanol–water partition coefficient (Wildman–Crippen LogP) is 4.85. The van der Waals surface area contributed by atoms with Crippen LogP contribution in [0.25, 0.3) is 10.1 Å². The number of nitrogens with zero attached hydrogens (tertiary/aromatic N) is 1. The van der Waals surface area contributed by atoms with Gasteiger partial charge in [-0.25, -0.2) is 17.4 Å². The van der Waals surface area contributed by atoms with Crippen molar-refractivity contribution in [3.05, 3.63) is 52.8 Å². The van der Waals surface area contributed by atoms with Gasteiger partial charge in [0.25, 0.3) is 10.0 Å². The van der Waals surface area contributed by atoms with E-state index < -0.39 is 29.7 Å². The molecule has 3 aromatic rings. The van der Waals surface area contributed by atoms with Gasteiger partial charge in [0.15, 0.2) is 0 Å². The first-order valence-corrected chi connectivity index (χ1v) is 13.6. The molecule has 0 saturated carbocycles. The highest BCUT2D eigenvalue weighted by molar-refractivity contribution is 7.92. The standard InChI is InChI=1S/C19H17ClFN2O6PS2/c1-2-7-28-16-5-6-17-14(19(16)20)9-18(31-17)32(26,27)23-11-30(24,25)29-13-4-3-12(10-22)15(21)8-13/h3-6,8-9,23H,2,7,11H2,1H3,(H,24,25). The second kappa shape index (κ2) is 9.75. The van der Waals surface area contributed by atoms with E-state index in [4.69, 9.17) is 26.1 Å². The summed E-state index contributed by atoms with van der Waals surface area (Å²) in [6.45, 7) is 2.39. The molecular formula is C19H17ClFN2O6PS2. The van der Waals surface area contributed by atoms with E-state index in [0.717, 1.165) is 36.0 Å². The fourth-order valence-electron chi connectivity index (χ4n) is 2.57. The van der Waals surface area contributed by atoms with Crippen LogP contribution in [-0.2, 0) is 14.6 Å². The van der Waals surface area contributed by atoms with E-state index in [0.29, 0.717) is 22.4 Å². The number of nitrogens with one attached hydrogen (secondary N) is 1. The minimum absolute atomic E-state index is 0.119. The zero-order valence-corrected chi connectivity index (χ0v) is 19.8. The number of hydrogen-bond acceptors (Lipinski definition) is 7. The van der Waals surface area contributed by atoms with Crippen molar-refractivity contribution in [2.75, 3.05) is 12.9 Å². The van der Waals surface area contributed by atoms with E-state index in [-0.39, 0.29) is 20.5 Å². The molecule has 2 N–H and O–H groups in total. The third kappa shape index (κ3) is 5.59. The van der Waals surface area contributed by atoms with Gasteiger partial charge in [0.2, 0.25) is 0 Å². The topological polar surface area (TPSA) is 126 Å². The predicted molar refractivity (Wildman–Crippen MR) is 119 cm³/mol. The second-order valence-corrected chi connectivity index (χ2v) is 11.7. The van der Waals surface area contributed by atoms with Crippen molar-refractivity contribution in [2.45, 2.75) is 17.6 Å². The normalized spacial score (nSPS) is 13.5. The monoisotopic (exact) mass is 518 g/mol. The first-order valence-electron chi connectivity index (χ1n) is 9.12. The molecule has 0 saturated heterocycles. The zero-order valence-electron chi connectivity index (χ0n) is 16.5. The minimum atomic E-state index is -4.52. The Morgan fingerprint density at radius 1 is 1.31 bits per heavy atom. The summed E-state index contributed by atoms with van der Waals surface area (Å²) in [6.07, 6.45) is -0.177. The van der Waals surface area contributed by atoms with E-state index in [1.54, 1.807) is 18.2 Å². The molecule has 1 aromatic heterocycles. The molecule has 32 heavy (non-hydrogen) atoms. The lowest BCUT2D eigenvalue weighted by Gasteiger charge is -2.14. The minimum Gasteiger partial charge on any atom is -0.492 e. The second-order valence-electron chi connectivity index (χ2n) is 6.49. The summed E-state index contributed by atoms with van der Waals surface area (Å²) >= 11 is 7.25. The van der Waals surface area contributed by atoms with E-state index >= 15 is 0 Å². The maximum Gasteiger partial charge on any atom is 0.391 e. The Hall–Kier alpha value is -2.19. The summed E-state index contributed by atoms with van der Waals surface area (Å²) in [4.78, 5) is 9.98. The SMILES string of the molecule is CCCOc1ccc2sc(S(=O)(=O)NCP(=O)(O)Oc3ccc(C#N)c(F)c3)cc2c1Cl. The van der Waals surface area contributed by atoms with Gasteiger partial charge in [-0.3, -0.25) is 0 Å².